The first kappa shape index (κ1) is 15.7. The van der Waals surface area contributed by atoms with Gasteiger partial charge in [-0.1, -0.05) is 67.6 Å². The van der Waals surface area contributed by atoms with Crippen LogP contribution in [0.1, 0.15) is 30.6 Å². The van der Waals surface area contributed by atoms with Gasteiger partial charge in [-0.3, -0.25) is 0 Å². The van der Waals surface area contributed by atoms with Crippen molar-refractivity contribution in [3.05, 3.63) is 71.8 Å². The molecular weight excluding hydrogens is 258 g/mol. The molecule has 2 aromatic carbocycles. The molecule has 2 rings (SSSR count). The average Bonchev–Trinajstić information content (AvgIpc) is 2.53. The highest BCUT2D eigenvalue weighted by Gasteiger charge is 2.39. The molecule has 0 radical (unpaired) electrons. The summed E-state index contributed by atoms with van der Waals surface area (Å²) >= 11 is 0. The average molecular weight is 283 g/mol. The fourth-order valence-corrected chi connectivity index (χ4v) is 3.03. The Labute approximate surface area is 128 Å². The molecule has 2 heteroatoms. The first-order valence-electron chi connectivity index (χ1n) is 7.54. The van der Waals surface area contributed by atoms with Gasteiger partial charge in [0.15, 0.2) is 0 Å². The van der Waals surface area contributed by atoms with E-state index in [2.05, 4.69) is 50.2 Å². The van der Waals surface area contributed by atoms with Crippen LogP contribution in [0, 0.1) is 0 Å². The molecule has 2 aromatic rings. The Morgan fingerprint density at radius 3 is 1.95 bits per heavy atom. The van der Waals surface area contributed by atoms with Gasteiger partial charge in [0.2, 0.25) is 0 Å². The fourth-order valence-electron chi connectivity index (χ4n) is 3.03. The molecule has 0 fully saturated rings. The van der Waals surface area contributed by atoms with E-state index in [-0.39, 0.29) is 5.54 Å². The number of rotatable bonds is 6. The second-order valence-corrected chi connectivity index (χ2v) is 5.83. The number of aliphatic hydroxyl groups is 1. The lowest BCUT2D eigenvalue weighted by Gasteiger charge is -2.43. The summed E-state index contributed by atoms with van der Waals surface area (Å²) in [5.74, 6) is 0. The van der Waals surface area contributed by atoms with Crippen LogP contribution in [0.2, 0.25) is 0 Å². The molecule has 1 N–H and O–H groups in total. The summed E-state index contributed by atoms with van der Waals surface area (Å²) in [7, 11) is 4.11. The van der Waals surface area contributed by atoms with E-state index >= 15 is 0 Å². The fraction of sp³-hybridized carbons (Fsp3) is 0.368. The molecule has 0 saturated heterocycles. The molecule has 0 aliphatic rings. The first-order chi connectivity index (χ1) is 10.1. The van der Waals surface area contributed by atoms with Crippen molar-refractivity contribution in [3.63, 3.8) is 0 Å². The van der Waals surface area contributed by atoms with Crippen LogP contribution in [0.25, 0.3) is 0 Å². The van der Waals surface area contributed by atoms with Crippen molar-refractivity contribution in [2.75, 3.05) is 14.1 Å². The summed E-state index contributed by atoms with van der Waals surface area (Å²) in [6.07, 6.45) is 1.19. The zero-order valence-electron chi connectivity index (χ0n) is 13.2. The van der Waals surface area contributed by atoms with Crippen LogP contribution in [-0.2, 0) is 6.42 Å². The first-order valence-corrected chi connectivity index (χ1v) is 7.54. The summed E-state index contributed by atoms with van der Waals surface area (Å²) in [6, 6.07) is 20.4. The van der Waals surface area contributed by atoms with E-state index in [1.807, 2.05) is 36.4 Å². The lowest BCUT2D eigenvalue weighted by atomic mass is 9.79. The van der Waals surface area contributed by atoms with E-state index in [0.29, 0.717) is 0 Å². The number of hydrogen-bond acceptors (Lipinski definition) is 2. The maximum atomic E-state index is 11.0. The van der Waals surface area contributed by atoms with Crippen LogP contribution < -0.4 is 0 Å². The van der Waals surface area contributed by atoms with Gasteiger partial charge >= 0.3 is 0 Å². The number of benzene rings is 2. The normalized spacial score (nSPS) is 15.7. The van der Waals surface area contributed by atoms with Gasteiger partial charge in [0.1, 0.15) is 0 Å². The summed E-state index contributed by atoms with van der Waals surface area (Å²) in [4.78, 5) is 2.16. The third kappa shape index (κ3) is 3.34. The molecule has 112 valence electrons. The van der Waals surface area contributed by atoms with Crippen LogP contribution in [-0.4, -0.2) is 29.6 Å². The van der Waals surface area contributed by atoms with Crippen LogP contribution in [0.4, 0.5) is 0 Å². The SMILES string of the molecule is CCC(Cc1ccccc1)(C(O)c1ccccc1)N(C)C. The zero-order valence-corrected chi connectivity index (χ0v) is 13.2. The lowest BCUT2D eigenvalue weighted by molar-refractivity contribution is -0.0122. The van der Waals surface area contributed by atoms with Crippen molar-refractivity contribution in [3.8, 4) is 0 Å². The standard InChI is InChI=1S/C19H25NO/c1-4-19(20(2)3,15-16-11-7-5-8-12-16)18(21)17-13-9-6-10-14-17/h5-14,18,21H,4,15H2,1-3H3. The summed E-state index contributed by atoms with van der Waals surface area (Å²) < 4.78 is 0. The van der Waals surface area contributed by atoms with Crippen molar-refractivity contribution < 1.29 is 5.11 Å². The molecule has 0 aliphatic carbocycles. The van der Waals surface area contributed by atoms with E-state index in [0.717, 1.165) is 18.4 Å². The van der Waals surface area contributed by atoms with Crippen molar-refractivity contribution in [2.24, 2.45) is 0 Å². The highest BCUT2D eigenvalue weighted by molar-refractivity contribution is 5.25. The second kappa shape index (κ2) is 6.88. The van der Waals surface area contributed by atoms with Gasteiger partial charge in [0.25, 0.3) is 0 Å². The number of hydrogen-bond donors (Lipinski definition) is 1. The molecule has 0 amide bonds. The van der Waals surface area contributed by atoms with Crippen LogP contribution >= 0.6 is 0 Å². The van der Waals surface area contributed by atoms with Gasteiger partial charge in [-0.25, -0.2) is 0 Å². The summed E-state index contributed by atoms with van der Waals surface area (Å²) in [6.45, 7) is 2.15. The van der Waals surface area contributed by atoms with Crippen LogP contribution in [0.3, 0.4) is 0 Å². The van der Waals surface area contributed by atoms with Crippen molar-refractivity contribution in [1.29, 1.82) is 0 Å². The van der Waals surface area contributed by atoms with Crippen LogP contribution in [0.15, 0.2) is 60.7 Å². The molecule has 0 spiro atoms. The number of nitrogens with zero attached hydrogens (tertiary/aromatic N) is 1. The van der Waals surface area contributed by atoms with Gasteiger partial charge in [0, 0.05) is 0 Å². The highest BCUT2D eigenvalue weighted by atomic mass is 16.3. The molecule has 2 unspecified atom stereocenters. The minimum Gasteiger partial charge on any atom is -0.386 e. The Hall–Kier alpha value is -1.64. The third-order valence-electron chi connectivity index (χ3n) is 4.48. The second-order valence-electron chi connectivity index (χ2n) is 5.83. The molecule has 0 aromatic heterocycles. The van der Waals surface area contributed by atoms with E-state index in [4.69, 9.17) is 0 Å². The largest absolute Gasteiger partial charge is 0.386 e. The molecule has 0 bridgehead atoms. The monoisotopic (exact) mass is 283 g/mol. The predicted molar refractivity (Wildman–Crippen MR) is 88.3 cm³/mol. The molecule has 2 nitrogen and oxygen atoms in total. The number of aliphatic hydroxyl groups excluding tert-OH is 1. The molecule has 2 atom stereocenters. The van der Waals surface area contributed by atoms with Crippen molar-refractivity contribution in [2.45, 2.75) is 31.4 Å². The summed E-state index contributed by atoms with van der Waals surface area (Å²) in [5, 5.41) is 11.0. The van der Waals surface area contributed by atoms with E-state index in [9.17, 15) is 5.11 Å². The van der Waals surface area contributed by atoms with E-state index < -0.39 is 6.10 Å². The van der Waals surface area contributed by atoms with Crippen molar-refractivity contribution >= 4 is 0 Å². The molecule has 0 heterocycles. The maximum Gasteiger partial charge on any atom is 0.0976 e. The molecule has 21 heavy (non-hydrogen) atoms. The minimum atomic E-state index is -0.515. The van der Waals surface area contributed by atoms with Gasteiger partial charge in [-0.05, 0) is 38.1 Å². The maximum absolute atomic E-state index is 11.0. The molecule has 0 saturated carbocycles. The third-order valence-corrected chi connectivity index (χ3v) is 4.48. The topological polar surface area (TPSA) is 23.5 Å². The number of likely N-dealkylation sites (N-methyl/N-ethyl adjacent to an activating group) is 1. The van der Waals surface area contributed by atoms with Crippen LogP contribution in [0.5, 0.6) is 0 Å². The van der Waals surface area contributed by atoms with Gasteiger partial charge < -0.3 is 10.0 Å². The van der Waals surface area contributed by atoms with E-state index in [1.54, 1.807) is 0 Å². The Bertz CT molecular complexity index is 538. The Balaban J connectivity index is 2.37. The van der Waals surface area contributed by atoms with E-state index in [1.165, 1.54) is 5.56 Å². The smallest absolute Gasteiger partial charge is 0.0976 e. The Morgan fingerprint density at radius 2 is 1.48 bits per heavy atom. The van der Waals surface area contributed by atoms with Gasteiger partial charge in [-0.2, -0.15) is 0 Å². The Morgan fingerprint density at radius 1 is 0.952 bits per heavy atom. The molecular formula is C19H25NO. The zero-order chi connectivity index (χ0) is 15.3. The van der Waals surface area contributed by atoms with Gasteiger partial charge in [-0.15, -0.1) is 0 Å². The predicted octanol–water partition coefficient (Wildman–Crippen LogP) is 3.67. The lowest BCUT2D eigenvalue weighted by Crippen LogP contribution is -2.50. The quantitative estimate of drug-likeness (QED) is 0.874. The Kier molecular flexibility index (Phi) is 5.16. The van der Waals surface area contributed by atoms with Gasteiger partial charge in [0.05, 0.1) is 11.6 Å². The minimum absolute atomic E-state index is 0.303. The highest BCUT2D eigenvalue weighted by Crippen LogP contribution is 2.36. The summed E-state index contributed by atoms with van der Waals surface area (Å²) in [5.41, 5.74) is 1.93. The van der Waals surface area contributed by atoms with Crippen molar-refractivity contribution in [1.82, 2.24) is 4.90 Å². The molecule has 0 aliphatic heterocycles.